The Morgan fingerprint density at radius 1 is 0.805 bits per heavy atom. The van der Waals surface area contributed by atoms with Crippen molar-refractivity contribution in [3.8, 4) is 11.5 Å². The second-order valence-corrected chi connectivity index (χ2v) is 13.2. The zero-order valence-corrected chi connectivity index (χ0v) is 27.1. The highest BCUT2D eigenvalue weighted by molar-refractivity contribution is 6.32. The standard InChI is InChI=1S/C37H44ClNO2/c1-22-18-27-24(3)28(36(4,5)29(27)20-32(22)40-9)16-14-25-12-11-13-26(35(25)38)15-17-34-37(6,7)30-21-33(41-10)23(2)19-31(30)39(34)8/h14-21H,11-13H2,1-10H3/b16-14+,26-15+,34-17-. The average molecular weight is 570 g/mol. The molecular weight excluding hydrogens is 526 g/mol. The number of aryl methyl sites for hydroxylation is 2. The van der Waals surface area contributed by atoms with E-state index in [0.717, 1.165) is 41.4 Å². The lowest BCUT2D eigenvalue weighted by atomic mass is 9.80. The minimum Gasteiger partial charge on any atom is -0.496 e. The van der Waals surface area contributed by atoms with Crippen molar-refractivity contribution in [2.24, 2.45) is 0 Å². The SMILES string of the molecule is COc1cc2c(cc1C)C(C)=C(/C=C/C1=C(Cl)C(=C/C=C3\N(C)c4cc(C)c(OC)cc4C3(C)C)/CCC1)C2(C)C. The van der Waals surface area contributed by atoms with Gasteiger partial charge in [-0.15, -0.1) is 0 Å². The monoisotopic (exact) mass is 569 g/mol. The number of likely N-dealkylation sites (N-methyl/N-ethyl adjacent to an activating group) is 1. The molecule has 2 aromatic carbocycles. The molecule has 0 spiro atoms. The van der Waals surface area contributed by atoms with E-state index in [1.54, 1.807) is 14.2 Å². The molecule has 3 nitrogen and oxygen atoms in total. The van der Waals surface area contributed by atoms with Crippen LogP contribution in [-0.4, -0.2) is 21.3 Å². The fraction of sp³-hybridized carbons (Fsp3) is 0.405. The molecule has 0 unspecified atom stereocenters. The molecule has 3 aliphatic rings. The Morgan fingerprint density at radius 2 is 1.44 bits per heavy atom. The van der Waals surface area contributed by atoms with Crippen LogP contribution in [0.15, 0.2) is 76.0 Å². The number of anilines is 1. The molecule has 0 fully saturated rings. The highest BCUT2D eigenvalue weighted by Crippen LogP contribution is 2.50. The molecule has 0 N–H and O–H groups in total. The largest absolute Gasteiger partial charge is 0.496 e. The number of benzene rings is 2. The molecule has 5 rings (SSSR count). The van der Waals surface area contributed by atoms with Gasteiger partial charge in [0.2, 0.25) is 0 Å². The van der Waals surface area contributed by atoms with E-state index in [1.165, 1.54) is 55.9 Å². The maximum absolute atomic E-state index is 7.10. The maximum atomic E-state index is 7.10. The Balaban J connectivity index is 1.46. The van der Waals surface area contributed by atoms with Gasteiger partial charge in [0.1, 0.15) is 11.5 Å². The molecule has 41 heavy (non-hydrogen) atoms. The first kappa shape index (κ1) is 29.3. The molecule has 2 aliphatic carbocycles. The summed E-state index contributed by atoms with van der Waals surface area (Å²) in [6, 6.07) is 8.91. The van der Waals surface area contributed by atoms with Gasteiger partial charge in [-0.1, -0.05) is 57.5 Å². The van der Waals surface area contributed by atoms with Crippen LogP contribution in [0.2, 0.25) is 0 Å². The van der Waals surface area contributed by atoms with Crippen LogP contribution in [0.5, 0.6) is 11.5 Å². The maximum Gasteiger partial charge on any atom is 0.122 e. The highest BCUT2D eigenvalue weighted by Gasteiger charge is 2.39. The minimum absolute atomic E-state index is 0.101. The Morgan fingerprint density at radius 3 is 2.10 bits per heavy atom. The van der Waals surface area contributed by atoms with Crippen molar-refractivity contribution in [2.75, 3.05) is 26.2 Å². The quantitative estimate of drug-likeness (QED) is 0.357. The number of fused-ring (bicyclic) bond motifs is 2. The number of allylic oxidation sites excluding steroid dienone is 10. The van der Waals surface area contributed by atoms with Crippen LogP contribution in [0.1, 0.15) is 81.7 Å². The number of rotatable bonds is 5. The van der Waals surface area contributed by atoms with Crippen LogP contribution in [0.4, 0.5) is 5.69 Å². The lowest BCUT2D eigenvalue weighted by molar-refractivity contribution is 0.410. The summed E-state index contributed by atoms with van der Waals surface area (Å²) in [5.74, 6) is 1.89. The molecule has 2 aromatic rings. The molecule has 0 radical (unpaired) electrons. The summed E-state index contributed by atoms with van der Waals surface area (Å²) in [6.45, 7) is 15.6. The van der Waals surface area contributed by atoms with Gasteiger partial charge in [0.25, 0.3) is 0 Å². The Kier molecular flexibility index (Phi) is 7.57. The van der Waals surface area contributed by atoms with Crippen molar-refractivity contribution < 1.29 is 9.47 Å². The summed E-state index contributed by atoms with van der Waals surface area (Å²) >= 11 is 7.10. The van der Waals surface area contributed by atoms with Crippen LogP contribution >= 0.6 is 11.6 Å². The van der Waals surface area contributed by atoms with E-state index < -0.39 is 0 Å². The first-order valence-electron chi connectivity index (χ1n) is 14.6. The van der Waals surface area contributed by atoms with Gasteiger partial charge in [-0.3, -0.25) is 0 Å². The number of hydrogen-bond donors (Lipinski definition) is 0. The molecule has 0 amide bonds. The summed E-state index contributed by atoms with van der Waals surface area (Å²) in [6.07, 6.45) is 12.2. The van der Waals surface area contributed by atoms with Gasteiger partial charge in [-0.25, -0.2) is 0 Å². The third kappa shape index (κ3) is 4.77. The molecule has 216 valence electrons. The van der Waals surface area contributed by atoms with Crippen molar-refractivity contribution in [3.63, 3.8) is 0 Å². The van der Waals surface area contributed by atoms with E-state index in [4.69, 9.17) is 21.1 Å². The normalized spacial score (nSPS) is 21.4. The summed E-state index contributed by atoms with van der Waals surface area (Å²) in [4.78, 5) is 2.31. The first-order valence-corrected chi connectivity index (χ1v) is 15.0. The number of methoxy groups -OCH3 is 2. The Bertz CT molecular complexity index is 1580. The zero-order chi connectivity index (χ0) is 29.9. The second-order valence-electron chi connectivity index (χ2n) is 12.8. The van der Waals surface area contributed by atoms with Gasteiger partial charge >= 0.3 is 0 Å². The summed E-state index contributed by atoms with van der Waals surface area (Å²) < 4.78 is 11.3. The van der Waals surface area contributed by atoms with Crippen LogP contribution in [0, 0.1) is 13.8 Å². The Labute approximate surface area is 251 Å². The molecule has 0 bridgehead atoms. The van der Waals surface area contributed by atoms with E-state index in [1.807, 2.05) is 0 Å². The van der Waals surface area contributed by atoms with E-state index in [9.17, 15) is 0 Å². The van der Waals surface area contributed by atoms with E-state index in [2.05, 4.69) is 109 Å². The second kappa shape index (κ2) is 10.6. The highest BCUT2D eigenvalue weighted by atomic mass is 35.5. The van der Waals surface area contributed by atoms with Gasteiger partial charge in [0.05, 0.1) is 14.2 Å². The van der Waals surface area contributed by atoms with Gasteiger partial charge in [-0.05, 0) is 120 Å². The predicted molar refractivity (Wildman–Crippen MR) is 175 cm³/mol. The van der Waals surface area contributed by atoms with Crippen LogP contribution in [0.3, 0.4) is 0 Å². The minimum atomic E-state index is -0.135. The molecule has 1 heterocycles. The lowest BCUT2D eigenvalue weighted by Gasteiger charge is -2.25. The molecular formula is C37H44ClNO2. The van der Waals surface area contributed by atoms with Crippen molar-refractivity contribution in [1.29, 1.82) is 0 Å². The summed E-state index contributed by atoms with van der Waals surface area (Å²) in [7, 11) is 5.65. The molecule has 1 aliphatic heterocycles. The molecule has 0 atom stereocenters. The van der Waals surface area contributed by atoms with E-state index >= 15 is 0 Å². The van der Waals surface area contributed by atoms with Crippen molar-refractivity contribution >= 4 is 22.9 Å². The Hall–Kier alpha value is -3.17. The lowest BCUT2D eigenvalue weighted by Crippen LogP contribution is -2.22. The fourth-order valence-corrected chi connectivity index (χ4v) is 7.39. The third-order valence-corrected chi connectivity index (χ3v) is 10.1. The molecule has 0 saturated heterocycles. The third-order valence-electron chi connectivity index (χ3n) is 9.59. The van der Waals surface area contributed by atoms with E-state index in [0.29, 0.717) is 0 Å². The van der Waals surface area contributed by atoms with Crippen LogP contribution in [0.25, 0.3) is 5.57 Å². The van der Waals surface area contributed by atoms with Gasteiger partial charge in [-0.2, -0.15) is 0 Å². The fourth-order valence-electron chi connectivity index (χ4n) is 7.08. The smallest absolute Gasteiger partial charge is 0.122 e. The van der Waals surface area contributed by atoms with Crippen molar-refractivity contribution in [3.05, 3.63) is 104 Å². The summed E-state index contributed by atoms with van der Waals surface area (Å²) in [5, 5.41) is 0.891. The zero-order valence-electron chi connectivity index (χ0n) is 26.4. The predicted octanol–water partition coefficient (Wildman–Crippen LogP) is 9.86. The number of nitrogens with zero attached hydrogens (tertiary/aromatic N) is 1. The number of hydrogen-bond acceptors (Lipinski definition) is 3. The van der Waals surface area contributed by atoms with Gasteiger partial charge in [0.15, 0.2) is 0 Å². The summed E-state index contributed by atoms with van der Waals surface area (Å²) in [5.41, 5.74) is 13.6. The van der Waals surface area contributed by atoms with Crippen molar-refractivity contribution in [2.45, 2.75) is 78.6 Å². The average Bonchev–Trinajstić information content (AvgIpc) is 3.22. The first-order chi connectivity index (χ1) is 19.3. The van der Waals surface area contributed by atoms with Crippen molar-refractivity contribution in [1.82, 2.24) is 0 Å². The van der Waals surface area contributed by atoms with Gasteiger partial charge in [0, 0.05) is 34.3 Å². The molecule has 0 saturated carbocycles. The molecule has 0 aromatic heterocycles. The number of halogens is 1. The van der Waals surface area contributed by atoms with Gasteiger partial charge < -0.3 is 14.4 Å². The number of ether oxygens (including phenoxy) is 2. The van der Waals surface area contributed by atoms with Crippen LogP contribution < -0.4 is 14.4 Å². The van der Waals surface area contributed by atoms with E-state index in [-0.39, 0.29) is 10.8 Å². The van der Waals surface area contributed by atoms with Crippen LogP contribution in [-0.2, 0) is 10.8 Å². The topological polar surface area (TPSA) is 21.7 Å². The molecule has 4 heteroatoms.